The predicted octanol–water partition coefficient (Wildman–Crippen LogP) is 17.7. The van der Waals surface area contributed by atoms with E-state index in [2.05, 4.69) is 183 Å². The standard InChI is InChI=1S/C59H46P2/c1-59(32-13-2-14-33-59)61-56-26-12-10-22-46(56)52-35-40(29-31-57(52)61)50-37-41-36-49(43-19-5-7-23-47(43)58(41)48-24-8-6-20-44(48)50)39-28-30-55-51(34-39)45-21-9-11-25-54(45)60(55)53-27-15-17-38-16-3-4-18-42(38)53/h2-4,6-8,10-14,16,18,20,22-32,34-37H,5,9,15,17,19,21,33H2,1H3/t59-,60?,61?/m1/s1. The summed E-state index contributed by atoms with van der Waals surface area (Å²) >= 11 is 0. The van der Waals surface area contributed by atoms with Gasteiger partial charge in [-0.25, -0.2) is 0 Å². The van der Waals surface area contributed by atoms with Crippen LogP contribution in [0.2, 0.25) is 0 Å². The molecule has 0 fully saturated rings. The van der Waals surface area contributed by atoms with Gasteiger partial charge in [-0.1, -0.05) is 155 Å². The molecule has 61 heavy (non-hydrogen) atoms. The fraction of sp³-hybridized carbons (Fsp3) is 0.153. The van der Waals surface area contributed by atoms with Crippen molar-refractivity contribution in [1.82, 2.24) is 0 Å². The van der Waals surface area contributed by atoms with Gasteiger partial charge in [0.1, 0.15) is 0 Å². The number of rotatable bonds is 4. The lowest BCUT2D eigenvalue weighted by Gasteiger charge is -2.28. The number of aryl methyl sites for hydroxylation is 2. The highest BCUT2D eigenvalue weighted by molar-refractivity contribution is 7.67. The van der Waals surface area contributed by atoms with E-state index in [0.717, 1.165) is 44.9 Å². The summed E-state index contributed by atoms with van der Waals surface area (Å²) in [6, 6.07) is 47.7. The van der Waals surface area contributed by atoms with Gasteiger partial charge in [0, 0.05) is 31.1 Å². The van der Waals surface area contributed by atoms with Gasteiger partial charge in [0.2, 0.25) is 0 Å². The number of hydrogen-bond donors (Lipinski definition) is 0. The van der Waals surface area contributed by atoms with E-state index in [4.69, 9.17) is 0 Å². The Morgan fingerprint density at radius 2 is 1.25 bits per heavy atom. The van der Waals surface area contributed by atoms with Crippen molar-refractivity contribution in [2.24, 2.45) is 0 Å². The largest absolute Gasteiger partial charge is 0.0984 e. The van der Waals surface area contributed by atoms with Gasteiger partial charge in [0.25, 0.3) is 0 Å². The van der Waals surface area contributed by atoms with E-state index in [9.17, 15) is 0 Å². The minimum atomic E-state index is -0.583. The summed E-state index contributed by atoms with van der Waals surface area (Å²) in [6.07, 6.45) is 29.4. The molecule has 0 bridgehead atoms. The maximum absolute atomic E-state index is 2.59. The van der Waals surface area contributed by atoms with Gasteiger partial charge >= 0.3 is 0 Å². The monoisotopic (exact) mass is 816 g/mol. The SMILES string of the molecule is C[C@@]1(p2c3ccccc3c3cc(-c4cc5cc(-c6ccc7c(c6)c6c(p7C7=CCCc8ccccc87)C=CCC6)c6c(c5c5ccccc45)C=CCC6)ccc32)C=CC=CC1. The van der Waals surface area contributed by atoms with Crippen molar-refractivity contribution in [3.63, 3.8) is 0 Å². The highest BCUT2D eigenvalue weighted by Crippen LogP contribution is 2.62. The summed E-state index contributed by atoms with van der Waals surface area (Å²) in [6.45, 7) is 2.47. The molecule has 0 N–H and O–H groups in total. The van der Waals surface area contributed by atoms with Gasteiger partial charge in [0.05, 0.1) is 0 Å². The van der Waals surface area contributed by atoms with Gasteiger partial charge < -0.3 is 0 Å². The first-order valence-corrected chi connectivity index (χ1v) is 25.0. The molecule has 2 aromatic heterocycles. The van der Waals surface area contributed by atoms with Crippen LogP contribution in [0.3, 0.4) is 0 Å². The fourth-order valence-electron chi connectivity index (χ4n) is 11.6. The van der Waals surface area contributed by atoms with Crippen LogP contribution in [0.25, 0.3) is 92.8 Å². The Balaban J connectivity index is 1.02. The lowest BCUT2D eigenvalue weighted by atomic mass is 9.82. The lowest BCUT2D eigenvalue weighted by molar-refractivity contribution is 0.723. The second-order valence-electron chi connectivity index (χ2n) is 17.9. The molecule has 7 aromatic carbocycles. The third-order valence-corrected chi connectivity index (χ3v) is 20.2. The van der Waals surface area contributed by atoms with Crippen LogP contribution >= 0.6 is 15.1 Å². The van der Waals surface area contributed by atoms with Crippen LogP contribution in [0.1, 0.15) is 65.7 Å². The Morgan fingerprint density at radius 3 is 2.13 bits per heavy atom. The molecule has 3 atom stereocenters. The smallest absolute Gasteiger partial charge is 0.0287 e. The van der Waals surface area contributed by atoms with Crippen molar-refractivity contribution in [2.45, 2.75) is 57.0 Å². The molecule has 0 radical (unpaired) electrons. The highest BCUT2D eigenvalue weighted by atomic mass is 31.1. The summed E-state index contributed by atoms with van der Waals surface area (Å²) in [5.74, 6) is 0. The summed E-state index contributed by atoms with van der Waals surface area (Å²) in [7, 11) is -1.12. The average Bonchev–Trinajstić information content (AvgIpc) is 3.83. The van der Waals surface area contributed by atoms with Gasteiger partial charge in [-0.2, -0.15) is 0 Å². The van der Waals surface area contributed by atoms with Crippen molar-refractivity contribution in [3.05, 3.63) is 197 Å². The van der Waals surface area contributed by atoms with Gasteiger partial charge in [0.15, 0.2) is 0 Å². The van der Waals surface area contributed by atoms with Crippen molar-refractivity contribution in [2.75, 3.05) is 0 Å². The van der Waals surface area contributed by atoms with Crippen molar-refractivity contribution < 1.29 is 0 Å². The van der Waals surface area contributed by atoms with Crippen LogP contribution in [0.5, 0.6) is 0 Å². The molecule has 0 aliphatic heterocycles. The number of hydrogen-bond acceptors (Lipinski definition) is 0. The first kappa shape index (κ1) is 35.8. The molecule has 0 spiro atoms. The average molecular weight is 817 g/mol. The van der Waals surface area contributed by atoms with Crippen LogP contribution in [0.15, 0.2) is 164 Å². The molecule has 2 heterocycles. The maximum Gasteiger partial charge on any atom is 0.0287 e. The number of benzene rings is 7. The molecule has 0 amide bonds. The molecule has 9 aromatic rings. The maximum atomic E-state index is 2.59. The molecule has 0 nitrogen and oxygen atoms in total. The van der Waals surface area contributed by atoms with Crippen LogP contribution in [0.4, 0.5) is 0 Å². The van der Waals surface area contributed by atoms with E-state index in [0.29, 0.717) is 0 Å². The predicted molar refractivity (Wildman–Crippen MR) is 270 cm³/mol. The summed E-state index contributed by atoms with van der Waals surface area (Å²) in [4.78, 5) is 0. The molecule has 0 saturated heterocycles. The van der Waals surface area contributed by atoms with Crippen molar-refractivity contribution in [1.29, 1.82) is 0 Å². The Morgan fingerprint density at radius 1 is 0.525 bits per heavy atom. The number of allylic oxidation sites excluding steroid dienone is 7. The molecular formula is C59H46P2. The molecule has 0 saturated carbocycles. The Kier molecular flexibility index (Phi) is 8.11. The first-order chi connectivity index (χ1) is 30.1. The highest BCUT2D eigenvalue weighted by Gasteiger charge is 2.30. The van der Waals surface area contributed by atoms with E-state index in [1.54, 1.807) is 21.3 Å². The minimum absolute atomic E-state index is 0.107. The third-order valence-electron chi connectivity index (χ3n) is 14.4. The van der Waals surface area contributed by atoms with Crippen LogP contribution in [-0.2, 0) is 24.4 Å². The van der Waals surface area contributed by atoms with Crippen LogP contribution < -0.4 is 0 Å². The molecular weight excluding hydrogens is 771 g/mol. The summed E-state index contributed by atoms with van der Waals surface area (Å²) in [5, 5.41) is 17.6. The molecule has 4 aliphatic carbocycles. The second-order valence-corrected chi connectivity index (χ2v) is 22.7. The Bertz CT molecular complexity index is 3520. The quantitative estimate of drug-likeness (QED) is 0.155. The van der Waals surface area contributed by atoms with Gasteiger partial charge in [-0.3, -0.25) is 0 Å². The summed E-state index contributed by atoms with van der Waals surface area (Å²) in [5.41, 5.74) is 12.9. The molecule has 2 unspecified atom stereocenters. The zero-order valence-corrected chi connectivity index (χ0v) is 36.4. The summed E-state index contributed by atoms with van der Waals surface area (Å²) < 4.78 is 0. The molecule has 2 heteroatoms. The Labute approximate surface area is 360 Å². The second kappa shape index (κ2) is 13.8. The van der Waals surface area contributed by atoms with E-state index in [1.807, 2.05) is 0 Å². The topological polar surface area (TPSA) is 0 Å². The van der Waals surface area contributed by atoms with Crippen LogP contribution in [0, 0.1) is 0 Å². The fourth-order valence-corrected chi connectivity index (χ4v) is 17.8. The number of fused-ring (bicyclic) bond motifs is 12. The first-order valence-electron chi connectivity index (χ1n) is 22.3. The van der Waals surface area contributed by atoms with Gasteiger partial charge in [-0.05, 0) is 176 Å². The zero-order chi connectivity index (χ0) is 40.2. The van der Waals surface area contributed by atoms with E-state index < -0.39 is 15.1 Å². The minimum Gasteiger partial charge on any atom is -0.0984 e. The zero-order valence-electron chi connectivity index (χ0n) is 34.6. The van der Waals surface area contributed by atoms with E-state index in [-0.39, 0.29) is 5.16 Å². The Hall–Kier alpha value is -5.90. The molecule has 13 rings (SSSR count). The van der Waals surface area contributed by atoms with E-state index >= 15 is 0 Å². The van der Waals surface area contributed by atoms with E-state index in [1.165, 1.54) is 92.4 Å². The van der Waals surface area contributed by atoms with Crippen molar-refractivity contribution in [3.8, 4) is 22.3 Å². The van der Waals surface area contributed by atoms with Crippen LogP contribution in [-0.4, -0.2) is 0 Å². The molecule has 292 valence electrons. The third kappa shape index (κ3) is 5.39. The lowest BCUT2D eigenvalue weighted by Crippen LogP contribution is -2.10. The van der Waals surface area contributed by atoms with Crippen molar-refractivity contribution >= 4 is 85.6 Å². The normalized spacial score (nSPS) is 18.6. The van der Waals surface area contributed by atoms with Gasteiger partial charge in [-0.15, -0.1) is 0 Å². The molecule has 4 aliphatic rings.